The second kappa shape index (κ2) is 16.0. The summed E-state index contributed by atoms with van der Waals surface area (Å²) in [6, 6.07) is 106. The molecule has 0 atom stereocenters. The fraction of sp³-hybridized carbons (Fsp3) is 0.0400. The molecule has 0 amide bonds. The monoisotopic (exact) mass is 993 g/mol. The molecule has 3 heteroatoms. The largest absolute Gasteiger partial charge is 0.457 e. The van der Waals surface area contributed by atoms with Gasteiger partial charge in [0, 0.05) is 39.1 Å². The van der Waals surface area contributed by atoms with Crippen molar-refractivity contribution in [1.82, 2.24) is 0 Å². The lowest BCUT2D eigenvalue weighted by molar-refractivity contribution is 0.436. The van der Waals surface area contributed by atoms with Crippen LogP contribution in [0.15, 0.2) is 285 Å². The third kappa shape index (κ3) is 5.37. The normalized spacial score (nSPS) is 14.9. The van der Waals surface area contributed by atoms with Crippen molar-refractivity contribution in [3.05, 3.63) is 352 Å². The molecule has 0 bridgehead atoms. The molecule has 12 aromatic rings. The Kier molecular flexibility index (Phi) is 8.90. The summed E-state index contributed by atoms with van der Waals surface area (Å²) in [5.41, 5.74) is 23.2. The molecule has 0 saturated heterocycles. The highest BCUT2D eigenvalue weighted by Gasteiger charge is 2.54. The molecule has 2 spiro atoms. The van der Waals surface area contributed by atoms with Gasteiger partial charge in [0.2, 0.25) is 0 Å². The first-order chi connectivity index (χ1) is 38.7. The minimum Gasteiger partial charge on any atom is -0.457 e. The molecule has 0 saturated carbocycles. The van der Waals surface area contributed by atoms with Crippen molar-refractivity contribution >= 4 is 17.1 Å². The maximum absolute atomic E-state index is 6.83. The number of rotatable bonds is 5. The summed E-state index contributed by atoms with van der Waals surface area (Å²) >= 11 is 0. The van der Waals surface area contributed by atoms with Gasteiger partial charge >= 0.3 is 0 Å². The Balaban J connectivity index is 0.999. The lowest BCUT2D eigenvalue weighted by Crippen LogP contribution is -2.32. The van der Waals surface area contributed by atoms with Crippen molar-refractivity contribution < 1.29 is 9.47 Å². The predicted molar refractivity (Wildman–Crippen MR) is 313 cm³/mol. The van der Waals surface area contributed by atoms with Gasteiger partial charge in [-0.25, -0.2) is 0 Å². The highest BCUT2D eigenvalue weighted by molar-refractivity contribution is 6.04. The summed E-state index contributed by atoms with van der Waals surface area (Å²) in [4.78, 5) is 2.60. The van der Waals surface area contributed by atoms with Crippen LogP contribution >= 0.6 is 0 Å². The number of anilines is 3. The molecule has 0 aromatic heterocycles. The molecule has 0 radical (unpaired) electrons. The van der Waals surface area contributed by atoms with Gasteiger partial charge in [-0.3, -0.25) is 0 Å². The fourth-order valence-electron chi connectivity index (χ4n) is 15.1. The summed E-state index contributed by atoms with van der Waals surface area (Å²) in [6.07, 6.45) is 0. The molecule has 3 aliphatic carbocycles. The summed E-state index contributed by atoms with van der Waals surface area (Å²) in [6.45, 7) is 0. The van der Waals surface area contributed by atoms with Gasteiger partial charge in [-0.15, -0.1) is 0 Å². The maximum atomic E-state index is 6.83. The van der Waals surface area contributed by atoms with Crippen molar-refractivity contribution in [2.45, 2.75) is 16.2 Å². The Hall–Kier alpha value is -9.96. The smallest absolute Gasteiger partial charge is 0.132 e. The molecule has 0 unspecified atom stereocenters. The topological polar surface area (TPSA) is 21.7 Å². The van der Waals surface area contributed by atoms with E-state index in [1.54, 1.807) is 0 Å². The Morgan fingerprint density at radius 3 is 1.04 bits per heavy atom. The molecule has 364 valence electrons. The van der Waals surface area contributed by atoms with Gasteiger partial charge < -0.3 is 14.4 Å². The molecular formula is C75H47NO2. The Bertz CT molecular complexity index is 4350. The summed E-state index contributed by atoms with van der Waals surface area (Å²) in [5, 5.41) is 0. The molecule has 5 aliphatic rings. The first kappa shape index (κ1) is 43.3. The third-order valence-corrected chi connectivity index (χ3v) is 17.9. The zero-order chi connectivity index (χ0) is 51.2. The average Bonchev–Trinajstić information content (AvgIpc) is 4.26. The number of para-hydroxylation sites is 4. The first-order valence-electron chi connectivity index (χ1n) is 27.1. The highest BCUT2D eigenvalue weighted by Crippen LogP contribution is 2.67. The predicted octanol–water partition coefficient (Wildman–Crippen LogP) is 18.5. The van der Waals surface area contributed by atoms with E-state index < -0.39 is 16.2 Å². The standard InChI is InChI=1S/C75H47NO2/c1-3-23-48(24-4-1)73(49-25-5-2-6-26-49)56-31-11-8-28-52(56)71-63(73)37-21-39-65(71)76(50-45-46-58-54(47-50)51-27-7-10-30-55(51)74(58)59-33-13-17-41-67(59)77-68-42-18-14-34-60(68)74)66-40-22-38-64-72(66)53-29-9-12-32-57(53)75(64)61-35-15-19-43-69(61)78-70-44-20-16-36-62(70)75/h1-47H. The zero-order valence-corrected chi connectivity index (χ0v) is 42.4. The van der Waals surface area contributed by atoms with Crippen LogP contribution in [0.3, 0.4) is 0 Å². The third-order valence-electron chi connectivity index (χ3n) is 17.9. The van der Waals surface area contributed by atoms with Crippen LogP contribution in [0.1, 0.15) is 66.8 Å². The van der Waals surface area contributed by atoms with Gasteiger partial charge in [0.15, 0.2) is 0 Å². The molecule has 78 heavy (non-hydrogen) atoms. The lowest BCUT2D eigenvalue weighted by Gasteiger charge is -2.39. The average molecular weight is 994 g/mol. The summed E-state index contributed by atoms with van der Waals surface area (Å²) in [7, 11) is 0. The number of hydrogen-bond donors (Lipinski definition) is 0. The van der Waals surface area contributed by atoms with E-state index in [2.05, 4.69) is 290 Å². The Morgan fingerprint density at radius 2 is 0.564 bits per heavy atom. The van der Waals surface area contributed by atoms with Gasteiger partial charge in [-0.1, -0.05) is 237 Å². The quantitative estimate of drug-likeness (QED) is 0.172. The van der Waals surface area contributed by atoms with Crippen molar-refractivity contribution in [3.63, 3.8) is 0 Å². The molecule has 12 aromatic carbocycles. The van der Waals surface area contributed by atoms with Crippen molar-refractivity contribution in [2.24, 2.45) is 0 Å². The van der Waals surface area contributed by atoms with E-state index in [1.807, 2.05) is 0 Å². The van der Waals surface area contributed by atoms with Crippen molar-refractivity contribution in [3.8, 4) is 56.4 Å². The summed E-state index contributed by atoms with van der Waals surface area (Å²) < 4.78 is 13.6. The van der Waals surface area contributed by atoms with E-state index in [1.165, 1.54) is 77.9 Å². The van der Waals surface area contributed by atoms with Gasteiger partial charge in [-0.2, -0.15) is 0 Å². The van der Waals surface area contributed by atoms with E-state index in [4.69, 9.17) is 9.47 Å². The Morgan fingerprint density at radius 1 is 0.231 bits per heavy atom. The van der Waals surface area contributed by atoms with E-state index in [9.17, 15) is 0 Å². The van der Waals surface area contributed by atoms with Crippen LogP contribution < -0.4 is 14.4 Å². The molecule has 0 fully saturated rings. The van der Waals surface area contributed by atoms with Crippen LogP contribution in [0.5, 0.6) is 23.0 Å². The van der Waals surface area contributed by atoms with Gasteiger partial charge in [0.25, 0.3) is 0 Å². The van der Waals surface area contributed by atoms with Gasteiger partial charge in [-0.05, 0) is 115 Å². The minimum atomic E-state index is -0.660. The van der Waals surface area contributed by atoms with E-state index in [-0.39, 0.29) is 0 Å². The minimum absolute atomic E-state index is 0.603. The lowest BCUT2D eigenvalue weighted by atomic mass is 9.66. The molecular weight excluding hydrogens is 947 g/mol. The zero-order valence-electron chi connectivity index (χ0n) is 42.4. The molecule has 2 aliphatic heterocycles. The van der Waals surface area contributed by atoms with E-state index in [0.29, 0.717) is 0 Å². The van der Waals surface area contributed by atoms with Crippen LogP contribution in [0.2, 0.25) is 0 Å². The van der Waals surface area contributed by atoms with E-state index >= 15 is 0 Å². The fourth-order valence-corrected chi connectivity index (χ4v) is 15.1. The van der Waals surface area contributed by atoms with Crippen LogP contribution in [-0.4, -0.2) is 0 Å². The number of benzene rings is 12. The van der Waals surface area contributed by atoms with Crippen molar-refractivity contribution in [1.29, 1.82) is 0 Å². The molecule has 3 nitrogen and oxygen atoms in total. The number of nitrogens with zero attached hydrogens (tertiary/aromatic N) is 1. The SMILES string of the molecule is c1ccc(C2(c3ccccc3)c3ccccc3-c3c(N(c4ccc5c(c4)-c4ccccc4C54c5ccccc5Oc5ccccc54)c4cccc5c4-c4ccccc4C54c5ccccc5Oc5ccccc54)cccc32)cc1. The molecule has 2 heterocycles. The summed E-state index contributed by atoms with van der Waals surface area (Å²) in [5.74, 6) is 3.51. The van der Waals surface area contributed by atoms with Crippen molar-refractivity contribution in [2.75, 3.05) is 4.90 Å². The van der Waals surface area contributed by atoms with Crippen LogP contribution in [0.25, 0.3) is 33.4 Å². The number of ether oxygens (including phenoxy) is 2. The molecule has 0 N–H and O–H groups in total. The van der Waals surface area contributed by atoms with Gasteiger partial charge in [0.05, 0.1) is 27.6 Å². The number of fused-ring (bicyclic) bond motifs is 21. The van der Waals surface area contributed by atoms with Gasteiger partial charge in [0.1, 0.15) is 23.0 Å². The highest BCUT2D eigenvalue weighted by atomic mass is 16.5. The second-order valence-corrected chi connectivity index (χ2v) is 21.3. The second-order valence-electron chi connectivity index (χ2n) is 21.3. The van der Waals surface area contributed by atoms with Crippen LogP contribution in [0, 0.1) is 0 Å². The maximum Gasteiger partial charge on any atom is 0.132 e. The Labute approximate surface area is 453 Å². The van der Waals surface area contributed by atoms with Crippen LogP contribution in [-0.2, 0) is 16.2 Å². The first-order valence-corrected chi connectivity index (χ1v) is 27.1. The number of hydrogen-bond acceptors (Lipinski definition) is 3. The van der Waals surface area contributed by atoms with E-state index in [0.717, 1.165) is 62.3 Å². The molecule has 17 rings (SSSR count). The van der Waals surface area contributed by atoms with Crippen LogP contribution in [0.4, 0.5) is 17.1 Å².